The molecule has 0 saturated carbocycles. The largest absolute Gasteiger partial charge is 0.419 e. The highest BCUT2D eigenvalue weighted by atomic mass is 19.4. The summed E-state index contributed by atoms with van der Waals surface area (Å²) < 4.78 is 38.5. The molecule has 0 unspecified atom stereocenters. The van der Waals surface area contributed by atoms with Gasteiger partial charge in [0.05, 0.1) is 5.56 Å². The lowest BCUT2D eigenvalue weighted by Crippen LogP contribution is -2.62. The van der Waals surface area contributed by atoms with Crippen LogP contribution in [-0.2, 0) is 12.7 Å². The number of alkyl halides is 3. The average Bonchev–Trinajstić information content (AvgIpc) is 2.84. The van der Waals surface area contributed by atoms with Gasteiger partial charge in [-0.15, -0.1) is 0 Å². The first-order chi connectivity index (χ1) is 17.5. The van der Waals surface area contributed by atoms with Gasteiger partial charge in [0, 0.05) is 83.0 Å². The van der Waals surface area contributed by atoms with Crippen molar-refractivity contribution in [3.63, 3.8) is 0 Å². The first-order valence-corrected chi connectivity index (χ1v) is 12.7. The lowest BCUT2D eigenvalue weighted by Gasteiger charge is -2.45. The summed E-state index contributed by atoms with van der Waals surface area (Å²) in [6.07, 6.45) is -1.07. The molecule has 0 spiro atoms. The van der Waals surface area contributed by atoms with Crippen LogP contribution in [0.15, 0.2) is 36.7 Å². The number of benzene rings is 1. The van der Waals surface area contributed by atoms with E-state index in [1.165, 1.54) is 11.3 Å². The van der Waals surface area contributed by atoms with Gasteiger partial charge in [0.25, 0.3) is 0 Å². The molecule has 2 aliphatic rings. The van der Waals surface area contributed by atoms with Gasteiger partial charge >= 0.3 is 12.2 Å². The number of carbonyl (C=O) groups excluding carboxylic acids is 1. The van der Waals surface area contributed by atoms with Crippen molar-refractivity contribution in [1.82, 2.24) is 25.1 Å². The topological polar surface area (TPSA) is 67.8 Å². The van der Waals surface area contributed by atoms with Crippen molar-refractivity contribution < 1.29 is 18.0 Å². The SMILES string of the molecule is C[C@@H]1CN(c2ncc(C(F)(F)F)cn2)C[C@H](C)N1C(=O)NC1CCN(Cc2ccc(N(C)C)cc2)CC1. The van der Waals surface area contributed by atoms with Crippen LogP contribution in [-0.4, -0.2) is 84.2 Å². The van der Waals surface area contributed by atoms with E-state index in [1.807, 2.05) is 37.7 Å². The van der Waals surface area contributed by atoms with Crippen LogP contribution in [0.3, 0.4) is 0 Å². The van der Waals surface area contributed by atoms with E-state index < -0.39 is 11.7 Å². The number of halogens is 3. The third-order valence-corrected chi connectivity index (χ3v) is 7.18. The minimum Gasteiger partial charge on any atom is -0.378 e. The fraction of sp³-hybridized carbons (Fsp3) is 0.577. The van der Waals surface area contributed by atoms with E-state index in [0.29, 0.717) is 13.1 Å². The van der Waals surface area contributed by atoms with Crippen molar-refractivity contribution in [1.29, 1.82) is 0 Å². The quantitative estimate of drug-likeness (QED) is 0.648. The smallest absolute Gasteiger partial charge is 0.378 e. The molecule has 2 atom stereocenters. The number of piperidine rings is 1. The van der Waals surface area contributed by atoms with Crippen molar-refractivity contribution in [3.8, 4) is 0 Å². The second-order valence-electron chi connectivity index (χ2n) is 10.3. The van der Waals surface area contributed by atoms with Gasteiger partial charge in [-0.3, -0.25) is 4.90 Å². The first kappa shape index (κ1) is 27.0. The highest BCUT2D eigenvalue weighted by Gasteiger charge is 2.36. The summed E-state index contributed by atoms with van der Waals surface area (Å²) in [5, 5.41) is 3.21. The minimum atomic E-state index is -4.47. The van der Waals surface area contributed by atoms with Gasteiger partial charge in [-0.25, -0.2) is 14.8 Å². The number of hydrogen-bond donors (Lipinski definition) is 1. The number of anilines is 2. The Kier molecular flexibility index (Phi) is 8.11. The number of piperazine rings is 1. The summed E-state index contributed by atoms with van der Waals surface area (Å²) in [6, 6.07) is 8.35. The molecule has 8 nitrogen and oxygen atoms in total. The first-order valence-electron chi connectivity index (χ1n) is 12.7. The van der Waals surface area contributed by atoms with E-state index in [1.54, 1.807) is 0 Å². The standard InChI is InChI=1S/C26H36F3N7O/c1-18-15-35(24-30-13-21(14-31-24)26(27,28)29)16-19(2)36(18)25(37)32-22-9-11-34(12-10-22)17-20-5-7-23(8-6-20)33(3)4/h5-8,13-14,18-19,22H,9-12,15-17H2,1-4H3,(H,32,37)/t18-,19+. The number of carbonyl (C=O) groups is 1. The number of likely N-dealkylation sites (tertiary alicyclic amines) is 1. The summed E-state index contributed by atoms with van der Waals surface area (Å²) in [5.74, 6) is 0.246. The van der Waals surface area contributed by atoms with E-state index >= 15 is 0 Å². The summed E-state index contributed by atoms with van der Waals surface area (Å²) in [6.45, 7) is 7.53. The molecular formula is C26H36F3N7O. The van der Waals surface area contributed by atoms with Crippen molar-refractivity contribution >= 4 is 17.7 Å². The Morgan fingerprint density at radius 1 is 1.03 bits per heavy atom. The summed E-state index contributed by atoms with van der Waals surface area (Å²) >= 11 is 0. The Balaban J connectivity index is 1.26. The monoisotopic (exact) mass is 519 g/mol. The molecule has 1 aromatic heterocycles. The van der Waals surface area contributed by atoms with Crippen molar-refractivity contribution in [3.05, 3.63) is 47.8 Å². The molecule has 0 aliphatic carbocycles. The molecule has 2 aromatic rings. The maximum atomic E-state index is 13.2. The number of nitrogens with one attached hydrogen (secondary N) is 1. The van der Waals surface area contributed by atoms with Gasteiger partial charge in [0.1, 0.15) is 0 Å². The number of nitrogens with zero attached hydrogens (tertiary/aromatic N) is 6. The van der Waals surface area contributed by atoms with E-state index in [9.17, 15) is 18.0 Å². The molecular weight excluding hydrogens is 483 g/mol. The average molecular weight is 520 g/mol. The van der Waals surface area contributed by atoms with Gasteiger partial charge in [0.15, 0.2) is 0 Å². The van der Waals surface area contributed by atoms with Crippen LogP contribution in [0.2, 0.25) is 0 Å². The predicted molar refractivity (Wildman–Crippen MR) is 138 cm³/mol. The van der Waals surface area contributed by atoms with E-state index in [2.05, 4.69) is 49.4 Å². The molecule has 0 bridgehead atoms. The van der Waals surface area contributed by atoms with Gasteiger partial charge in [-0.05, 0) is 44.4 Å². The normalized spacial score (nSPS) is 21.7. The second-order valence-corrected chi connectivity index (χ2v) is 10.3. The van der Waals surface area contributed by atoms with Gasteiger partial charge in [0.2, 0.25) is 5.95 Å². The zero-order chi connectivity index (χ0) is 26.7. The molecule has 11 heteroatoms. The number of hydrogen-bond acceptors (Lipinski definition) is 6. The maximum Gasteiger partial charge on any atom is 0.419 e. The van der Waals surface area contributed by atoms with Gasteiger partial charge < -0.3 is 20.0 Å². The van der Waals surface area contributed by atoms with Gasteiger partial charge in [-0.2, -0.15) is 13.2 Å². The molecule has 0 radical (unpaired) electrons. The molecule has 2 saturated heterocycles. The van der Waals surface area contributed by atoms with Crippen molar-refractivity contribution in [2.24, 2.45) is 0 Å². The van der Waals surface area contributed by atoms with Crippen LogP contribution >= 0.6 is 0 Å². The zero-order valence-corrected chi connectivity index (χ0v) is 21.9. The molecule has 2 amide bonds. The zero-order valence-electron chi connectivity index (χ0n) is 21.9. The highest BCUT2D eigenvalue weighted by Crippen LogP contribution is 2.29. The third kappa shape index (κ3) is 6.63. The molecule has 1 N–H and O–H groups in total. The van der Waals surface area contributed by atoms with Crippen LogP contribution in [0, 0.1) is 0 Å². The molecule has 4 rings (SSSR count). The van der Waals surface area contributed by atoms with Crippen LogP contribution < -0.4 is 15.1 Å². The van der Waals surface area contributed by atoms with Crippen LogP contribution in [0.1, 0.15) is 37.8 Å². The Bertz CT molecular complexity index is 1030. The van der Waals surface area contributed by atoms with E-state index in [4.69, 9.17) is 0 Å². The van der Waals surface area contributed by atoms with Crippen molar-refractivity contribution in [2.75, 3.05) is 50.1 Å². The number of aromatic nitrogens is 2. The minimum absolute atomic E-state index is 0.0919. The molecule has 202 valence electrons. The molecule has 3 heterocycles. The fourth-order valence-electron chi connectivity index (χ4n) is 5.16. The predicted octanol–water partition coefficient (Wildman–Crippen LogP) is 3.83. The van der Waals surface area contributed by atoms with Crippen LogP contribution in [0.25, 0.3) is 0 Å². The lowest BCUT2D eigenvalue weighted by atomic mass is 10.0. The number of urea groups is 1. The molecule has 2 aliphatic heterocycles. The van der Waals surface area contributed by atoms with E-state index in [0.717, 1.165) is 44.9 Å². The maximum absolute atomic E-state index is 13.2. The fourth-order valence-corrected chi connectivity index (χ4v) is 5.16. The van der Waals surface area contributed by atoms with Crippen molar-refractivity contribution in [2.45, 2.75) is 57.5 Å². The Morgan fingerprint density at radius 2 is 1.59 bits per heavy atom. The van der Waals surface area contributed by atoms with Crippen LogP contribution in [0.4, 0.5) is 29.6 Å². The Labute approximate surface area is 216 Å². The number of rotatable bonds is 5. The van der Waals surface area contributed by atoms with Crippen LogP contribution in [0.5, 0.6) is 0 Å². The molecule has 37 heavy (non-hydrogen) atoms. The lowest BCUT2D eigenvalue weighted by molar-refractivity contribution is -0.138. The third-order valence-electron chi connectivity index (χ3n) is 7.18. The summed E-state index contributed by atoms with van der Waals surface area (Å²) in [5.41, 5.74) is 1.59. The van der Waals surface area contributed by atoms with E-state index in [-0.39, 0.29) is 30.1 Å². The Hall–Kier alpha value is -3.08. The van der Waals surface area contributed by atoms with Gasteiger partial charge in [-0.1, -0.05) is 12.1 Å². The number of amides is 2. The highest BCUT2D eigenvalue weighted by molar-refractivity contribution is 5.75. The molecule has 1 aromatic carbocycles. The summed E-state index contributed by atoms with van der Waals surface area (Å²) in [4.78, 5) is 29.2. The summed E-state index contributed by atoms with van der Waals surface area (Å²) in [7, 11) is 4.06. The Morgan fingerprint density at radius 3 is 2.11 bits per heavy atom. The second kappa shape index (κ2) is 11.1. The molecule has 2 fully saturated rings.